The summed E-state index contributed by atoms with van der Waals surface area (Å²) in [5.74, 6) is 0.467. The Labute approximate surface area is 177 Å². The van der Waals surface area contributed by atoms with Crippen LogP contribution in [0.15, 0.2) is 84.9 Å². The van der Waals surface area contributed by atoms with Crippen LogP contribution in [0.1, 0.15) is 21.5 Å². The zero-order valence-electron chi connectivity index (χ0n) is 17.1. The molecule has 0 unspecified atom stereocenters. The van der Waals surface area contributed by atoms with Crippen molar-refractivity contribution >= 4 is 11.8 Å². The Balaban J connectivity index is 1.38. The quantitative estimate of drug-likeness (QED) is 0.594. The molecule has 0 aliphatic carbocycles. The molecule has 0 saturated heterocycles. The third kappa shape index (κ3) is 6.48. The average Bonchev–Trinajstić information content (AvgIpc) is 2.79. The first-order chi connectivity index (χ1) is 14.6. The molecule has 1 N–H and O–H groups in total. The van der Waals surface area contributed by atoms with Crippen molar-refractivity contribution in [1.29, 1.82) is 0 Å². The van der Waals surface area contributed by atoms with Crippen LogP contribution in [0.25, 0.3) is 0 Å². The molecule has 0 aromatic heterocycles. The van der Waals surface area contributed by atoms with Gasteiger partial charge in [-0.05, 0) is 41.8 Å². The number of ether oxygens (including phenoxy) is 1. The maximum absolute atomic E-state index is 12.3. The van der Waals surface area contributed by atoms with Crippen molar-refractivity contribution in [2.45, 2.75) is 13.0 Å². The first kappa shape index (κ1) is 21.1. The Hall–Kier alpha value is -3.60. The highest BCUT2D eigenvalue weighted by molar-refractivity contribution is 5.96. The van der Waals surface area contributed by atoms with E-state index in [1.165, 1.54) is 4.90 Å². The molecule has 0 spiro atoms. The zero-order chi connectivity index (χ0) is 21.2. The van der Waals surface area contributed by atoms with Crippen LogP contribution in [0.5, 0.6) is 5.75 Å². The maximum atomic E-state index is 12.3. The van der Waals surface area contributed by atoms with Crippen molar-refractivity contribution in [3.8, 4) is 5.75 Å². The van der Waals surface area contributed by atoms with Crippen molar-refractivity contribution in [1.82, 2.24) is 10.2 Å². The number of amides is 2. The summed E-state index contributed by atoms with van der Waals surface area (Å²) in [6.07, 6.45) is 0.709. The summed E-state index contributed by atoms with van der Waals surface area (Å²) in [5, 5.41) is 2.87. The summed E-state index contributed by atoms with van der Waals surface area (Å²) in [7, 11) is 1.63. The lowest BCUT2D eigenvalue weighted by molar-refractivity contribution is -0.121. The minimum atomic E-state index is -0.176. The largest absolute Gasteiger partial charge is 0.489 e. The second kappa shape index (κ2) is 10.8. The van der Waals surface area contributed by atoms with Gasteiger partial charge in [0.2, 0.25) is 5.91 Å². The highest BCUT2D eigenvalue weighted by Gasteiger charge is 2.14. The van der Waals surface area contributed by atoms with Gasteiger partial charge in [0.25, 0.3) is 5.91 Å². The first-order valence-corrected chi connectivity index (χ1v) is 9.95. The van der Waals surface area contributed by atoms with Crippen LogP contribution in [0.4, 0.5) is 0 Å². The molecule has 3 aromatic carbocycles. The van der Waals surface area contributed by atoms with Gasteiger partial charge < -0.3 is 15.0 Å². The van der Waals surface area contributed by atoms with Crippen molar-refractivity contribution in [2.24, 2.45) is 0 Å². The minimum absolute atomic E-state index is 0.0278. The Morgan fingerprint density at radius 1 is 0.833 bits per heavy atom. The van der Waals surface area contributed by atoms with E-state index in [-0.39, 0.29) is 18.4 Å². The molecular formula is C25H26N2O3. The molecular weight excluding hydrogens is 376 g/mol. The summed E-state index contributed by atoms with van der Waals surface area (Å²) in [5.41, 5.74) is 2.80. The number of carbonyl (C=O) groups is 2. The van der Waals surface area contributed by atoms with Crippen LogP contribution in [0.2, 0.25) is 0 Å². The minimum Gasteiger partial charge on any atom is -0.489 e. The van der Waals surface area contributed by atoms with Gasteiger partial charge in [0, 0.05) is 19.2 Å². The van der Waals surface area contributed by atoms with Gasteiger partial charge >= 0.3 is 0 Å². The normalized spacial score (nSPS) is 10.3. The molecule has 0 fully saturated rings. The molecule has 3 aromatic rings. The van der Waals surface area contributed by atoms with Crippen LogP contribution in [-0.4, -0.2) is 36.9 Å². The molecule has 0 radical (unpaired) electrons. The van der Waals surface area contributed by atoms with Crippen molar-refractivity contribution in [3.63, 3.8) is 0 Å². The van der Waals surface area contributed by atoms with Gasteiger partial charge in [0.05, 0.1) is 6.54 Å². The number of carbonyl (C=O) groups excluding carboxylic acids is 2. The van der Waals surface area contributed by atoms with Gasteiger partial charge in [0.1, 0.15) is 12.4 Å². The summed E-state index contributed by atoms with van der Waals surface area (Å²) in [6, 6.07) is 26.8. The number of likely N-dealkylation sites (N-methyl/N-ethyl adjacent to an activating group) is 1. The van der Waals surface area contributed by atoms with E-state index in [1.54, 1.807) is 31.3 Å². The summed E-state index contributed by atoms with van der Waals surface area (Å²) < 4.78 is 5.79. The smallest absolute Gasteiger partial charge is 0.254 e. The van der Waals surface area contributed by atoms with E-state index in [4.69, 9.17) is 4.74 Å². The van der Waals surface area contributed by atoms with E-state index in [0.717, 1.165) is 16.9 Å². The fraction of sp³-hybridized carbons (Fsp3) is 0.200. The molecule has 5 nitrogen and oxygen atoms in total. The molecule has 0 bridgehead atoms. The van der Waals surface area contributed by atoms with Gasteiger partial charge in [0.15, 0.2) is 0 Å². The van der Waals surface area contributed by atoms with Crippen molar-refractivity contribution < 1.29 is 14.3 Å². The maximum Gasteiger partial charge on any atom is 0.254 e. The number of hydrogen-bond acceptors (Lipinski definition) is 3. The summed E-state index contributed by atoms with van der Waals surface area (Å²) >= 11 is 0. The standard InChI is InChI=1S/C25H26N2O3/c1-27(25(29)22-10-6-3-7-11-22)18-24(28)26-17-16-20-12-14-23(15-13-20)30-19-21-8-4-2-5-9-21/h2-15H,16-19H2,1H3,(H,26,28). The first-order valence-electron chi connectivity index (χ1n) is 9.95. The molecule has 0 atom stereocenters. The molecule has 2 amide bonds. The molecule has 0 aliphatic heterocycles. The Bertz CT molecular complexity index is 941. The van der Waals surface area contributed by atoms with Gasteiger partial charge in [-0.15, -0.1) is 0 Å². The lowest BCUT2D eigenvalue weighted by Crippen LogP contribution is -2.39. The number of benzene rings is 3. The van der Waals surface area contributed by atoms with E-state index in [9.17, 15) is 9.59 Å². The lowest BCUT2D eigenvalue weighted by Gasteiger charge is -2.17. The zero-order valence-corrected chi connectivity index (χ0v) is 17.1. The molecule has 3 rings (SSSR count). The Morgan fingerprint density at radius 3 is 2.13 bits per heavy atom. The van der Waals surface area contributed by atoms with E-state index in [0.29, 0.717) is 25.1 Å². The van der Waals surface area contributed by atoms with Crippen molar-refractivity contribution in [3.05, 3.63) is 102 Å². The fourth-order valence-electron chi connectivity index (χ4n) is 2.98. The van der Waals surface area contributed by atoms with E-state index >= 15 is 0 Å². The van der Waals surface area contributed by atoms with Crippen molar-refractivity contribution in [2.75, 3.05) is 20.1 Å². The third-order valence-electron chi connectivity index (χ3n) is 4.66. The van der Waals surface area contributed by atoms with Crippen LogP contribution in [0.3, 0.4) is 0 Å². The highest BCUT2D eigenvalue weighted by atomic mass is 16.5. The van der Waals surface area contributed by atoms with Crippen LogP contribution in [0, 0.1) is 0 Å². The van der Waals surface area contributed by atoms with E-state index in [2.05, 4.69) is 5.32 Å². The molecule has 0 heterocycles. The monoisotopic (exact) mass is 402 g/mol. The topological polar surface area (TPSA) is 58.6 Å². The lowest BCUT2D eigenvalue weighted by atomic mass is 10.1. The SMILES string of the molecule is CN(CC(=O)NCCc1ccc(OCc2ccccc2)cc1)C(=O)c1ccccc1. The third-order valence-corrected chi connectivity index (χ3v) is 4.66. The van der Waals surface area contributed by atoms with E-state index < -0.39 is 0 Å². The highest BCUT2D eigenvalue weighted by Crippen LogP contribution is 2.14. The van der Waals surface area contributed by atoms with E-state index in [1.807, 2.05) is 60.7 Å². The molecule has 0 aliphatic rings. The predicted octanol–water partition coefficient (Wildman–Crippen LogP) is 3.70. The summed E-state index contributed by atoms with van der Waals surface area (Å²) in [6.45, 7) is 1.07. The Kier molecular flexibility index (Phi) is 7.61. The molecule has 154 valence electrons. The van der Waals surface area contributed by atoms with Crippen LogP contribution < -0.4 is 10.1 Å². The van der Waals surface area contributed by atoms with Crippen LogP contribution >= 0.6 is 0 Å². The number of rotatable bonds is 9. The van der Waals surface area contributed by atoms with Gasteiger partial charge in [-0.25, -0.2) is 0 Å². The van der Waals surface area contributed by atoms with Gasteiger partial charge in [-0.2, -0.15) is 0 Å². The molecule has 5 heteroatoms. The summed E-state index contributed by atoms with van der Waals surface area (Å²) in [4.78, 5) is 25.8. The predicted molar refractivity (Wildman–Crippen MR) is 117 cm³/mol. The second-order valence-electron chi connectivity index (χ2n) is 7.05. The molecule has 0 saturated carbocycles. The van der Waals surface area contributed by atoms with Crippen LogP contribution in [-0.2, 0) is 17.8 Å². The second-order valence-corrected chi connectivity index (χ2v) is 7.05. The number of nitrogens with one attached hydrogen (secondary N) is 1. The average molecular weight is 402 g/mol. The number of hydrogen-bond donors (Lipinski definition) is 1. The van der Waals surface area contributed by atoms with Gasteiger partial charge in [-0.1, -0.05) is 60.7 Å². The van der Waals surface area contributed by atoms with Gasteiger partial charge in [-0.3, -0.25) is 9.59 Å². The molecule has 30 heavy (non-hydrogen) atoms. The number of nitrogens with zero attached hydrogens (tertiary/aromatic N) is 1. The Morgan fingerprint density at radius 2 is 1.47 bits per heavy atom. The fourth-order valence-corrected chi connectivity index (χ4v) is 2.98.